The van der Waals surface area contributed by atoms with Crippen LogP contribution in [-0.4, -0.2) is 61.2 Å². The molecule has 5 rings (SSSR count). The summed E-state index contributed by atoms with van der Waals surface area (Å²) in [5.74, 6) is -2.20. The number of para-hydroxylation sites is 1. The zero-order valence-corrected chi connectivity index (χ0v) is 23.1. The van der Waals surface area contributed by atoms with Crippen molar-refractivity contribution in [1.29, 1.82) is 5.26 Å². The number of ether oxygens (including phenoxy) is 1. The largest absolute Gasteiger partial charge is 0.496 e. The van der Waals surface area contributed by atoms with Crippen LogP contribution in [0.25, 0.3) is 0 Å². The normalized spacial score (nSPS) is 22.7. The number of carboxylic acid groups (broad SMARTS) is 1. The number of hydrogen-bond acceptors (Lipinski definition) is 8. The van der Waals surface area contributed by atoms with Crippen LogP contribution in [0.3, 0.4) is 0 Å². The molecule has 10 nitrogen and oxygen atoms in total. The van der Waals surface area contributed by atoms with Gasteiger partial charge in [0, 0.05) is 29.1 Å². The number of rotatable bonds is 6. The molecule has 2 aliphatic heterocycles. The number of aliphatic carboxylic acids is 1. The third-order valence-electron chi connectivity index (χ3n) is 7.13. The Balaban J connectivity index is 1.90. The Labute approximate surface area is 239 Å². The maximum atomic E-state index is 14.8. The van der Waals surface area contributed by atoms with E-state index in [0.717, 1.165) is 0 Å². The monoisotopic (exact) mass is 601 g/mol. The zero-order valence-electron chi connectivity index (χ0n) is 20.8. The average molecular weight is 602 g/mol. The number of methoxy groups -OCH3 is 1. The number of carbonyl (C=O) groups excluding carboxylic acids is 1. The van der Waals surface area contributed by atoms with E-state index in [-0.39, 0.29) is 51.1 Å². The first kappa shape index (κ1) is 27.9. The van der Waals surface area contributed by atoms with Crippen molar-refractivity contribution in [1.82, 2.24) is 4.90 Å². The summed E-state index contributed by atoms with van der Waals surface area (Å²) in [5.41, 5.74) is -1.96. The predicted octanol–water partition coefficient (Wildman–Crippen LogP) is 3.37. The van der Waals surface area contributed by atoms with Gasteiger partial charge < -0.3 is 14.9 Å². The molecule has 0 aliphatic carbocycles. The van der Waals surface area contributed by atoms with E-state index in [9.17, 15) is 33.5 Å². The first-order chi connectivity index (χ1) is 19.0. The van der Waals surface area contributed by atoms with Gasteiger partial charge in [-0.1, -0.05) is 41.4 Å². The van der Waals surface area contributed by atoms with Crippen LogP contribution in [0.2, 0.25) is 10.0 Å². The number of benzene rings is 3. The van der Waals surface area contributed by atoms with Crippen LogP contribution in [-0.2, 0) is 25.2 Å². The highest BCUT2D eigenvalue weighted by Crippen LogP contribution is 2.54. The van der Waals surface area contributed by atoms with Crippen molar-refractivity contribution in [2.24, 2.45) is 0 Å². The van der Waals surface area contributed by atoms with Crippen molar-refractivity contribution >= 4 is 50.8 Å². The highest BCUT2D eigenvalue weighted by molar-refractivity contribution is 7.93. The number of nitrogens with zero attached hydrogens (tertiary/aromatic N) is 3. The summed E-state index contributed by atoms with van der Waals surface area (Å²) in [6.45, 7) is -0.285. The number of amides is 1. The Morgan fingerprint density at radius 2 is 1.85 bits per heavy atom. The van der Waals surface area contributed by atoms with E-state index in [0.29, 0.717) is 4.31 Å². The fourth-order valence-corrected chi connectivity index (χ4v) is 7.73. The highest BCUT2D eigenvalue weighted by atomic mass is 35.5. The van der Waals surface area contributed by atoms with Crippen LogP contribution in [0, 0.1) is 11.3 Å². The highest BCUT2D eigenvalue weighted by Gasteiger charge is 2.64. The van der Waals surface area contributed by atoms with Gasteiger partial charge in [0.25, 0.3) is 15.9 Å². The smallest absolute Gasteiger partial charge is 0.321 e. The Kier molecular flexibility index (Phi) is 7.02. The number of sulfonamides is 1. The second-order valence-electron chi connectivity index (χ2n) is 9.30. The van der Waals surface area contributed by atoms with Gasteiger partial charge in [-0.3, -0.25) is 14.5 Å². The molecule has 1 fully saturated rings. The molecular formula is C27H21Cl2N3O7S. The number of carbonyl (C=O) groups is 2. The number of aliphatic hydroxyl groups is 1. The van der Waals surface area contributed by atoms with E-state index < -0.39 is 44.5 Å². The lowest BCUT2D eigenvalue weighted by Crippen LogP contribution is -2.58. The molecule has 206 valence electrons. The standard InChI is InChI=1S/C27H21Cl2N3O7S/c1-39-23-5-3-2-4-18(23)27(31-14-17(33)12-22(31)25(34)35)19-10-15(13-30)6-8-21(19)32(26(27)36)40(37,38)24-9-7-16(28)11-20(24)29/h2-11,17,22,33H,12,14H2,1H3,(H,34,35)/t17-,22+,27?/m1/s1. The summed E-state index contributed by atoms with van der Waals surface area (Å²) in [6, 6.07) is 14.6. The number of β-amino-alcohol motifs (C(OH)–C–C–N with tert-alkyl or cyclic N) is 1. The quantitative estimate of drug-likeness (QED) is 0.433. The summed E-state index contributed by atoms with van der Waals surface area (Å²) in [4.78, 5) is 28.1. The minimum absolute atomic E-state index is 0.0371. The van der Waals surface area contributed by atoms with Crippen molar-refractivity contribution < 1.29 is 33.0 Å². The molecule has 0 radical (unpaired) electrons. The molecule has 0 saturated carbocycles. The zero-order chi connectivity index (χ0) is 29.0. The van der Waals surface area contributed by atoms with Gasteiger partial charge in [0.05, 0.1) is 35.6 Å². The Hall–Kier alpha value is -3.66. The van der Waals surface area contributed by atoms with Crippen molar-refractivity contribution in [2.75, 3.05) is 18.0 Å². The van der Waals surface area contributed by atoms with Gasteiger partial charge >= 0.3 is 5.97 Å². The first-order valence-corrected chi connectivity index (χ1v) is 14.1. The topological polar surface area (TPSA) is 148 Å². The molecule has 3 aromatic carbocycles. The molecule has 13 heteroatoms. The fraction of sp³-hybridized carbons (Fsp3) is 0.222. The van der Waals surface area contributed by atoms with Gasteiger partial charge in [0.2, 0.25) is 0 Å². The Morgan fingerprint density at radius 3 is 2.50 bits per heavy atom. The number of nitriles is 1. The van der Waals surface area contributed by atoms with Crippen molar-refractivity contribution in [3.8, 4) is 11.8 Å². The van der Waals surface area contributed by atoms with Crippen molar-refractivity contribution in [3.63, 3.8) is 0 Å². The van der Waals surface area contributed by atoms with E-state index >= 15 is 0 Å². The Morgan fingerprint density at radius 1 is 1.12 bits per heavy atom. The number of fused-ring (bicyclic) bond motifs is 1. The molecule has 3 aromatic rings. The minimum Gasteiger partial charge on any atom is -0.496 e. The maximum absolute atomic E-state index is 14.8. The number of anilines is 1. The van der Waals surface area contributed by atoms with Gasteiger partial charge in [0.1, 0.15) is 16.7 Å². The van der Waals surface area contributed by atoms with E-state index in [4.69, 9.17) is 27.9 Å². The third kappa shape index (κ3) is 4.03. The summed E-state index contributed by atoms with van der Waals surface area (Å²) < 4.78 is 34.4. The van der Waals surface area contributed by atoms with Gasteiger partial charge in [0.15, 0.2) is 5.54 Å². The van der Waals surface area contributed by atoms with Crippen LogP contribution in [0.4, 0.5) is 5.69 Å². The van der Waals surface area contributed by atoms with Crippen LogP contribution in [0.1, 0.15) is 23.1 Å². The summed E-state index contributed by atoms with van der Waals surface area (Å²) in [6.07, 6.45) is -1.36. The van der Waals surface area contributed by atoms with E-state index in [2.05, 4.69) is 0 Å². The molecule has 0 bridgehead atoms. The van der Waals surface area contributed by atoms with Crippen LogP contribution in [0.15, 0.2) is 65.6 Å². The molecule has 3 atom stereocenters. The first-order valence-electron chi connectivity index (χ1n) is 11.9. The molecule has 0 aromatic heterocycles. The van der Waals surface area contributed by atoms with Crippen molar-refractivity contribution in [2.45, 2.75) is 29.0 Å². The van der Waals surface area contributed by atoms with Gasteiger partial charge in [-0.2, -0.15) is 5.26 Å². The average Bonchev–Trinajstić information content (AvgIpc) is 3.43. The second kappa shape index (κ2) is 10.1. The Bertz CT molecular complexity index is 1710. The second-order valence-corrected chi connectivity index (χ2v) is 11.9. The summed E-state index contributed by atoms with van der Waals surface area (Å²) in [7, 11) is -3.36. The van der Waals surface area contributed by atoms with Gasteiger partial charge in [-0.05, 0) is 42.5 Å². The lowest BCUT2D eigenvalue weighted by Gasteiger charge is -2.40. The number of aliphatic hydroxyl groups excluding tert-OH is 1. The molecular weight excluding hydrogens is 581 g/mol. The van der Waals surface area contributed by atoms with E-state index in [1.807, 2.05) is 6.07 Å². The maximum Gasteiger partial charge on any atom is 0.321 e. The molecule has 0 spiro atoms. The molecule has 2 N–H and O–H groups in total. The molecule has 1 amide bonds. The molecule has 2 aliphatic rings. The fourth-order valence-electron chi connectivity index (χ4n) is 5.52. The predicted molar refractivity (Wildman–Crippen MR) is 145 cm³/mol. The lowest BCUT2D eigenvalue weighted by molar-refractivity contribution is -0.145. The SMILES string of the molecule is COc1ccccc1C1(N2C[C@H](O)C[C@H]2C(=O)O)C(=O)N(S(=O)(=O)c2ccc(Cl)cc2Cl)c2ccc(C#N)cc21. The van der Waals surface area contributed by atoms with E-state index in [1.165, 1.54) is 54.5 Å². The lowest BCUT2D eigenvalue weighted by atomic mass is 9.80. The van der Waals surface area contributed by atoms with Crippen LogP contribution in [0.5, 0.6) is 5.75 Å². The van der Waals surface area contributed by atoms with Crippen LogP contribution >= 0.6 is 23.2 Å². The van der Waals surface area contributed by atoms with Gasteiger partial charge in [-0.15, -0.1) is 0 Å². The number of hydrogen-bond donors (Lipinski definition) is 2. The third-order valence-corrected chi connectivity index (χ3v) is 9.55. The number of carboxylic acids is 1. The summed E-state index contributed by atoms with van der Waals surface area (Å²) in [5, 5.41) is 30.4. The van der Waals surface area contributed by atoms with Crippen molar-refractivity contribution in [3.05, 3.63) is 87.4 Å². The number of likely N-dealkylation sites (tertiary alicyclic amines) is 1. The van der Waals surface area contributed by atoms with E-state index in [1.54, 1.807) is 18.2 Å². The molecule has 1 saturated heterocycles. The minimum atomic E-state index is -4.71. The molecule has 40 heavy (non-hydrogen) atoms. The summed E-state index contributed by atoms with van der Waals surface area (Å²) >= 11 is 12.3. The molecule has 1 unspecified atom stereocenters. The van der Waals surface area contributed by atoms with Gasteiger partial charge in [-0.25, -0.2) is 12.7 Å². The molecule has 2 heterocycles. The van der Waals surface area contributed by atoms with Crippen LogP contribution < -0.4 is 9.04 Å². The number of halogens is 2.